The van der Waals surface area contributed by atoms with Crippen LogP contribution in [0.4, 0.5) is 0 Å². The van der Waals surface area contributed by atoms with Crippen LogP contribution in [0.2, 0.25) is 0 Å². The van der Waals surface area contributed by atoms with Gasteiger partial charge in [-0.3, -0.25) is 4.79 Å². The van der Waals surface area contributed by atoms with Gasteiger partial charge in [0.15, 0.2) is 0 Å². The minimum absolute atomic E-state index is 0.0263. The van der Waals surface area contributed by atoms with Gasteiger partial charge in [-0.05, 0) is 46.1 Å². The van der Waals surface area contributed by atoms with Crippen molar-refractivity contribution in [3.05, 3.63) is 83.6 Å². The Kier molecular flexibility index (Phi) is 6.54. The van der Waals surface area contributed by atoms with Gasteiger partial charge in [-0.25, -0.2) is 0 Å². The Morgan fingerprint density at radius 3 is 1.96 bits per heavy atom. The first kappa shape index (κ1) is 21.9. The van der Waals surface area contributed by atoms with E-state index in [1.54, 1.807) is 6.08 Å². The van der Waals surface area contributed by atoms with Crippen LogP contribution in [0.1, 0.15) is 70.0 Å². The lowest BCUT2D eigenvalue weighted by atomic mass is 9.79. The monoisotopic (exact) mass is 377 g/mol. The zero-order valence-corrected chi connectivity index (χ0v) is 18.5. The number of carbonyl (C=O) groups excluding carboxylic acids is 1. The third kappa shape index (κ3) is 5.34. The van der Waals surface area contributed by atoms with E-state index in [0.717, 1.165) is 5.70 Å². The van der Waals surface area contributed by atoms with Crippen molar-refractivity contribution in [2.45, 2.75) is 59.3 Å². The van der Waals surface area contributed by atoms with Gasteiger partial charge >= 0.3 is 0 Å². The van der Waals surface area contributed by atoms with Crippen LogP contribution in [0.5, 0.6) is 0 Å². The summed E-state index contributed by atoms with van der Waals surface area (Å²) in [4.78, 5) is 13.2. The summed E-state index contributed by atoms with van der Waals surface area (Å²) < 4.78 is 0. The number of hydrogen-bond donors (Lipinski definition) is 1. The van der Waals surface area contributed by atoms with Crippen LogP contribution >= 0.6 is 0 Å². The second-order valence-electron chi connectivity index (χ2n) is 9.77. The standard InChI is InChI=1S/C26H35NO/c1-9-12-23(22-14-11-10-13-18(22)2)27-24(28)19-15-20(25(3,4)5)17-21(16-19)26(6,7)8/h9-18,22H,1H2,2-8H3,(H,27,28)/b23-12+. The minimum atomic E-state index is -0.0696. The van der Waals surface area contributed by atoms with E-state index in [2.05, 4.69) is 84.7 Å². The van der Waals surface area contributed by atoms with Crippen LogP contribution in [0.25, 0.3) is 0 Å². The second-order valence-corrected chi connectivity index (χ2v) is 9.77. The lowest BCUT2D eigenvalue weighted by Gasteiger charge is -2.27. The van der Waals surface area contributed by atoms with E-state index in [1.165, 1.54) is 11.1 Å². The van der Waals surface area contributed by atoms with Gasteiger partial charge in [-0.15, -0.1) is 0 Å². The fourth-order valence-corrected chi connectivity index (χ4v) is 3.30. The summed E-state index contributed by atoms with van der Waals surface area (Å²) in [7, 11) is 0. The molecular weight excluding hydrogens is 342 g/mol. The molecule has 1 amide bonds. The summed E-state index contributed by atoms with van der Waals surface area (Å²) in [6, 6.07) is 6.28. The molecule has 2 nitrogen and oxygen atoms in total. The predicted molar refractivity (Wildman–Crippen MR) is 121 cm³/mol. The summed E-state index contributed by atoms with van der Waals surface area (Å²) in [6.07, 6.45) is 12.0. The van der Waals surface area contributed by atoms with Crippen LogP contribution in [0, 0.1) is 11.8 Å². The molecule has 28 heavy (non-hydrogen) atoms. The number of allylic oxidation sites excluding steroid dienone is 6. The van der Waals surface area contributed by atoms with Crippen molar-refractivity contribution >= 4 is 5.91 Å². The van der Waals surface area contributed by atoms with E-state index >= 15 is 0 Å². The summed E-state index contributed by atoms with van der Waals surface area (Å²) in [6.45, 7) is 19.1. The maximum atomic E-state index is 13.2. The molecule has 2 atom stereocenters. The van der Waals surface area contributed by atoms with Gasteiger partial charge in [0.25, 0.3) is 5.91 Å². The molecule has 0 saturated heterocycles. The number of rotatable bonds is 4. The van der Waals surface area contributed by atoms with E-state index in [4.69, 9.17) is 0 Å². The zero-order chi connectivity index (χ0) is 21.1. The Morgan fingerprint density at radius 1 is 0.964 bits per heavy atom. The second kappa shape index (κ2) is 8.34. The van der Waals surface area contributed by atoms with E-state index in [-0.39, 0.29) is 22.7 Å². The summed E-state index contributed by atoms with van der Waals surface area (Å²) in [5.74, 6) is 0.391. The smallest absolute Gasteiger partial charge is 0.255 e. The number of benzene rings is 1. The Morgan fingerprint density at radius 2 is 1.50 bits per heavy atom. The first-order chi connectivity index (χ1) is 12.9. The molecule has 0 aliphatic heterocycles. The lowest BCUT2D eigenvalue weighted by Crippen LogP contribution is -2.30. The number of carbonyl (C=O) groups is 1. The highest BCUT2D eigenvalue weighted by Crippen LogP contribution is 2.31. The number of nitrogens with one attached hydrogen (secondary N) is 1. The van der Waals surface area contributed by atoms with Crippen molar-refractivity contribution in [2.75, 3.05) is 0 Å². The molecule has 1 N–H and O–H groups in total. The van der Waals surface area contributed by atoms with Crippen LogP contribution in [-0.4, -0.2) is 5.91 Å². The summed E-state index contributed by atoms with van der Waals surface area (Å²) >= 11 is 0. The molecule has 0 saturated carbocycles. The van der Waals surface area contributed by atoms with Crippen molar-refractivity contribution in [1.82, 2.24) is 5.32 Å². The fourth-order valence-electron chi connectivity index (χ4n) is 3.30. The SMILES string of the molecule is C=C/C=C(/NC(=O)c1cc(C(C)(C)C)cc(C(C)(C)C)c1)C1C=CC=CC1C. The maximum Gasteiger partial charge on any atom is 0.255 e. The quantitative estimate of drug-likeness (QED) is 0.599. The third-order valence-electron chi connectivity index (χ3n) is 5.25. The first-order valence-corrected chi connectivity index (χ1v) is 10.1. The average molecular weight is 378 g/mol. The Hall–Kier alpha value is -2.35. The molecule has 1 aromatic carbocycles. The molecule has 150 valence electrons. The third-order valence-corrected chi connectivity index (χ3v) is 5.25. The Balaban J connectivity index is 2.41. The van der Waals surface area contributed by atoms with Crippen LogP contribution < -0.4 is 5.32 Å². The maximum absolute atomic E-state index is 13.2. The molecule has 2 unspecified atom stereocenters. The highest BCUT2D eigenvalue weighted by molar-refractivity contribution is 5.96. The summed E-state index contributed by atoms with van der Waals surface area (Å²) in [5.41, 5.74) is 3.88. The Bertz CT molecular complexity index is 793. The molecule has 2 rings (SSSR count). The molecule has 1 aliphatic rings. The molecule has 0 fully saturated rings. The zero-order valence-electron chi connectivity index (χ0n) is 18.5. The van der Waals surface area contributed by atoms with Gasteiger partial charge in [-0.2, -0.15) is 0 Å². The minimum Gasteiger partial charge on any atom is -0.325 e. The molecule has 2 heteroatoms. The van der Waals surface area contributed by atoms with Gasteiger partial charge in [0, 0.05) is 17.2 Å². The molecule has 0 aromatic heterocycles. The van der Waals surface area contributed by atoms with E-state index in [9.17, 15) is 4.79 Å². The highest BCUT2D eigenvalue weighted by atomic mass is 16.1. The average Bonchev–Trinajstić information content (AvgIpc) is 2.60. The molecule has 1 aromatic rings. The molecule has 0 radical (unpaired) electrons. The predicted octanol–water partition coefficient (Wildman–Crippen LogP) is 6.46. The van der Waals surface area contributed by atoms with Crippen molar-refractivity contribution in [3.63, 3.8) is 0 Å². The van der Waals surface area contributed by atoms with Gasteiger partial charge in [0.05, 0.1) is 0 Å². The number of hydrogen-bond acceptors (Lipinski definition) is 1. The molecule has 1 aliphatic carbocycles. The molecule has 0 spiro atoms. The van der Waals surface area contributed by atoms with Crippen molar-refractivity contribution in [1.29, 1.82) is 0 Å². The van der Waals surface area contributed by atoms with Crippen LogP contribution in [0.3, 0.4) is 0 Å². The molecule has 0 bridgehead atoms. The number of amides is 1. The van der Waals surface area contributed by atoms with Crippen LogP contribution in [-0.2, 0) is 10.8 Å². The lowest BCUT2D eigenvalue weighted by molar-refractivity contribution is 0.0961. The van der Waals surface area contributed by atoms with Crippen LogP contribution in [0.15, 0.2) is 66.9 Å². The van der Waals surface area contributed by atoms with E-state index in [1.807, 2.05) is 24.3 Å². The van der Waals surface area contributed by atoms with Gasteiger partial charge in [-0.1, -0.05) is 91.5 Å². The normalized spacial score (nSPS) is 20.2. The topological polar surface area (TPSA) is 29.1 Å². The molecule has 0 heterocycles. The van der Waals surface area contributed by atoms with Gasteiger partial charge in [0.1, 0.15) is 0 Å². The Labute approximate surface area is 171 Å². The molecular formula is C26H35NO. The van der Waals surface area contributed by atoms with Crippen molar-refractivity contribution in [3.8, 4) is 0 Å². The first-order valence-electron chi connectivity index (χ1n) is 10.1. The fraction of sp³-hybridized carbons (Fsp3) is 0.423. The summed E-state index contributed by atoms with van der Waals surface area (Å²) in [5, 5.41) is 3.16. The highest BCUT2D eigenvalue weighted by Gasteiger charge is 2.24. The van der Waals surface area contributed by atoms with Crippen molar-refractivity contribution in [2.24, 2.45) is 11.8 Å². The van der Waals surface area contributed by atoms with Gasteiger partial charge in [0.2, 0.25) is 0 Å². The van der Waals surface area contributed by atoms with E-state index < -0.39 is 0 Å². The van der Waals surface area contributed by atoms with E-state index in [0.29, 0.717) is 11.5 Å². The largest absolute Gasteiger partial charge is 0.325 e. The van der Waals surface area contributed by atoms with Crippen molar-refractivity contribution < 1.29 is 4.79 Å². The van der Waals surface area contributed by atoms with Gasteiger partial charge < -0.3 is 5.32 Å².